The molecule has 0 atom stereocenters. The van der Waals surface area contributed by atoms with Gasteiger partial charge in [-0.25, -0.2) is 9.37 Å². The van der Waals surface area contributed by atoms with Crippen LogP contribution in [0.2, 0.25) is 0 Å². The number of hydrogen-bond acceptors (Lipinski definition) is 4. The van der Waals surface area contributed by atoms with Gasteiger partial charge in [0.25, 0.3) is 5.69 Å². The van der Waals surface area contributed by atoms with Crippen LogP contribution < -0.4 is 4.74 Å². The summed E-state index contributed by atoms with van der Waals surface area (Å²) in [5.74, 6) is -1.86. The normalized spacial score (nSPS) is 11.2. The van der Waals surface area contributed by atoms with Crippen molar-refractivity contribution in [2.75, 3.05) is 0 Å². The number of hydrogen-bond donors (Lipinski definition) is 0. The molecule has 0 bridgehead atoms. The van der Waals surface area contributed by atoms with Gasteiger partial charge < -0.3 is 4.74 Å². The number of nitrogens with zero attached hydrogens (tertiary/aromatic N) is 2. The molecule has 0 N–H and O–H groups in total. The van der Waals surface area contributed by atoms with Gasteiger partial charge in [0.05, 0.1) is 10.5 Å². The average Bonchev–Trinajstić information content (AvgIpc) is 2.40. The van der Waals surface area contributed by atoms with Crippen molar-refractivity contribution in [1.82, 2.24) is 4.98 Å². The van der Waals surface area contributed by atoms with Crippen LogP contribution in [0.5, 0.6) is 11.6 Å². The second-order valence-electron chi connectivity index (χ2n) is 3.85. The Bertz CT molecular complexity index is 671. The average molecular weight is 302 g/mol. The van der Waals surface area contributed by atoms with E-state index >= 15 is 0 Å². The fourth-order valence-corrected chi connectivity index (χ4v) is 1.45. The zero-order valence-electron chi connectivity index (χ0n) is 10.1. The summed E-state index contributed by atoms with van der Waals surface area (Å²) in [4.78, 5) is 13.3. The lowest BCUT2D eigenvalue weighted by molar-refractivity contribution is -0.385. The molecule has 0 spiro atoms. The van der Waals surface area contributed by atoms with E-state index in [-0.39, 0.29) is 17.3 Å². The molecule has 0 saturated carbocycles. The predicted molar refractivity (Wildman–Crippen MR) is 62.4 cm³/mol. The molecular formula is C12H6F4N2O3. The summed E-state index contributed by atoms with van der Waals surface area (Å²) in [6.45, 7) is 0. The molecule has 2 aromatic rings. The molecule has 21 heavy (non-hydrogen) atoms. The number of halogens is 4. The zero-order valence-corrected chi connectivity index (χ0v) is 10.1. The van der Waals surface area contributed by atoms with Gasteiger partial charge in [-0.05, 0) is 18.2 Å². The molecule has 1 aromatic heterocycles. The standard InChI is InChI=1S/C12H6F4N2O3/c13-10-3-2-8(5-9(10)12(14,15)16)21-11-4-1-7(6-17-11)18(19)20/h1-6H. The highest BCUT2D eigenvalue weighted by Gasteiger charge is 2.34. The Kier molecular flexibility index (Phi) is 3.74. The van der Waals surface area contributed by atoms with Gasteiger partial charge in [-0.15, -0.1) is 0 Å². The SMILES string of the molecule is O=[N+]([O-])c1ccc(Oc2ccc(F)c(C(F)(F)F)c2)nc1. The van der Waals surface area contributed by atoms with E-state index < -0.39 is 22.5 Å². The maximum absolute atomic E-state index is 13.1. The van der Waals surface area contributed by atoms with Gasteiger partial charge >= 0.3 is 6.18 Å². The monoisotopic (exact) mass is 302 g/mol. The number of benzene rings is 1. The molecule has 0 fully saturated rings. The van der Waals surface area contributed by atoms with E-state index in [1.54, 1.807) is 0 Å². The Balaban J connectivity index is 2.26. The number of aromatic nitrogens is 1. The highest BCUT2D eigenvalue weighted by molar-refractivity contribution is 5.35. The molecule has 0 unspecified atom stereocenters. The lowest BCUT2D eigenvalue weighted by Crippen LogP contribution is -2.08. The van der Waals surface area contributed by atoms with Gasteiger partial charge in [0.2, 0.25) is 5.88 Å². The van der Waals surface area contributed by atoms with Crippen LogP contribution in [0.25, 0.3) is 0 Å². The van der Waals surface area contributed by atoms with Gasteiger partial charge in [-0.3, -0.25) is 10.1 Å². The van der Waals surface area contributed by atoms with Crippen LogP contribution >= 0.6 is 0 Å². The molecule has 0 aliphatic heterocycles. The molecular weight excluding hydrogens is 296 g/mol. The number of ether oxygens (including phenoxy) is 1. The van der Waals surface area contributed by atoms with Gasteiger partial charge in [-0.1, -0.05) is 0 Å². The van der Waals surface area contributed by atoms with Gasteiger partial charge in [0, 0.05) is 12.1 Å². The first-order valence-electron chi connectivity index (χ1n) is 5.42. The van der Waals surface area contributed by atoms with E-state index in [0.717, 1.165) is 24.4 Å². The van der Waals surface area contributed by atoms with E-state index in [1.165, 1.54) is 0 Å². The topological polar surface area (TPSA) is 65.3 Å². The molecule has 0 radical (unpaired) electrons. The van der Waals surface area contributed by atoms with Crippen molar-refractivity contribution in [3.05, 3.63) is 58.0 Å². The quantitative estimate of drug-likeness (QED) is 0.489. The molecule has 2 rings (SSSR count). The largest absolute Gasteiger partial charge is 0.439 e. The third-order valence-electron chi connectivity index (χ3n) is 2.40. The van der Waals surface area contributed by atoms with Crippen molar-refractivity contribution in [2.24, 2.45) is 0 Å². The van der Waals surface area contributed by atoms with Crippen LogP contribution in [0.4, 0.5) is 23.2 Å². The number of nitro groups is 1. The predicted octanol–water partition coefficient (Wildman–Crippen LogP) is 3.94. The molecule has 1 heterocycles. The second-order valence-corrected chi connectivity index (χ2v) is 3.85. The summed E-state index contributed by atoms with van der Waals surface area (Å²) in [6, 6.07) is 4.29. The van der Waals surface area contributed by atoms with E-state index in [0.29, 0.717) is 12.1 Å². The van der Waals surface area contributed by atoms with Crippen LogP contribution in [-0.4, -0.2) is 9.91 Å². The van der Waals surface area contributed by atoms with Crippen molar-refractivity contribution in [2.45, 2.75) is 6.18 Å². The van der Waals surface area contributed by atoms with Crippen LogP contribution in [0.3, 0.4) is 0 Å². The maximum atomic E-state index is 13.1. The molecule has 0 aliphatic rings. The Hall–Kier alpha value is -2.71. The van der Waals surface area contributed by atoms with Crippen molar-refractivity contribution in [1.29, 1.82) is 0 Å². The van der Waals surface area contributed by atoms with Crippen LogP contribution in [0, 0.1) is 15.9 Å². The maximum Gasteiger partial charge on any atom is 0.419 e. The molecule has 0 saturated heterocycles. The number of alkyl halides is 3. The van der Waals surface area contributed by atoms with Crippen molar-refractivity contribution >= 4 is 5.69 Å². The number of pyridine rings is 1. The van der Waals surface area contributed by atoms with E-state index in [9.17, 15) is 27.7 Å². The summed E-state index contributed by atoms with van der Waals surface area (Å²) in [7, 11) is 0. The highest BCUT2D eigenvalue weighted by atomic mass is 19.4. The first-order valence-corrected chi connectivity index (χ1v) is 5.42. The lowest BCUT2D eigenvalue weighted by Gasteiger charge is -2.10. The summed E-state index contributed by atoms with van der Waals surface area (Å²) >= 11 is 0. The van der Waals surface area contributed by atoms with E-state index in [4.69, 9.17) is 4.74 Å². The van der Waals surface area contributed by atoms with Crippen molar-refractivity contribution in [3.63, 3.8) is 0 Å². The summed E-state index contributed by atoms with van der Waals surface area (Å²) in [6.07, 6.45) is -3.96. The molecule has 110 valence electrons. The fraction of sp³-hybridized carbons (Fsp3) is 0.0833. The summed E-state index contributed by atoms with van der Waals surface area (Å²) < 4.78 is 55.7. The molecule has 5 nitrogen and oxygen atoms in total. The van der Waals surface area contributed by atoms with E-state index in [1.807, 2.05) is 0 Å². The third-order valence-corrected chi connectivity index (χ3v) is 2.40. The smallest absolute Gasteiger partial charge is 0.419 e. The third kappa shape index (κ3) is 3.44. The Morgan fingerprint density at radius 1 is 1.19 bits per heavy atom. The van der Waals surface area contributed by atoms with E-state index in [2.05, 4.69) is 4.98 Å². The zero-order chi connectivity index (χ0) is 15.6. The highest BCUT2D eigenvalue weighted by Crippen LogP contribution is 2.34. The first-order chi connectivity index (χ1) is 9.77. The number of rotatable bonds is 3. The van der Waals surface area contributed by atoms with Gasteiger partial charge in [-0.2, -0.15) is 13.2 Å². The Morgan fingerprint density at radius 2 is 1.90 bits per heavy atom. The van der Waals surface area contributed by atoms with Gasteiger partial charge in [0.1, 0.15) is 17.8 Å². The molecule has 0 amide bonds. The van der Waals surface area contributed by atoms with Gasteiger partial charge in [0.15, 0.2) is 0 Å². The first kappa shape index (κ1) is 14.7. The lowest BCUT2D eigenvalue weighted by atomic mass is 10.2. The van der Waals surface area contributed by atoms with Crippen LogP contribution in [0.1, 0.15) is 5.56 Å². The Labute approximate surface area is 115 Å². The second kappa shape index (κ2) is 5.35. The minimum Gasteiger partial charge on any atom is -0.439 e. The molecule has 1 aromatic carbocycles. The molecule has 9 heteroatoms. The minimum atomic E-state index is -4.85. The Morgan fingerprint density at radius 3 is 2.43 bits per heavy atom. The fourth-order valence-electron chi connectivity index (χ4n) is 1.45. The van der Waals surface area contributed by atoms with Crippen LogP contribution in [0.15, 0.2) is 36.5 Å². The summed E-state index contributed by atoms with van der Waals surface area (Å²) in [5, 5.41) is 10.4. The van der Waals surface area contributed by atoms with Crippen LogP contribution in [-0.2, 0) is 6.18 Å². The summed E-state index contributed by atoms with van der Waals surface area (Å²) in [5.41, 5.74) is -1.76. The van der Waals surface area contributed by atoms with Crippen molar-refractivity contribution in [3.8, 4) is 11.6 Å². The molecule has 0 aliphatic carbocycles. The minimum absolute atomic E-state index is 0.152. The van der Waals surface area contributed by atoms with Crippen molar-refractivity contribution < 1.29 is 27.2 Å².